The summed E-state index contributed by atoms with van der Waals surface area (Å²) in [5, 5.41) is 4.39. The normalized spacial score (nSPS) is 10.6. The SMILES string of the molecule is COc1cc(Cl)c(/C=N/NC(=O)c2ccc(OCc3ccccc3)cc2)cc1OC. The minimum atomic E-state index is -0.350. The summed E-state index contributed by atoms with van der Waals surface area (Å²) in [6, 6.07) is 20.0. The summed E-state index contributed by atoms with van der Waals surface area (Å²) in [7, 11) is 3.06. The minimum absolute atomic E-state index is 0.350. The predicted octanol–water partition coefficient (Wildman–Crippen LogP) is 4.70. The molecule has 0 unspecified atom stereocenters. The lowest BCUT2D eigenvalue weighted by Crippen LogP contribution is -2.17. The van der Waals surface area contributed by atoms with Crippen LogP contribution >= 0.6 is 11.6 Å². The molecule has 3 rings (SSSR count). The van der Waals surface area contributed by atoms with Crippen LogP contribution in [0.25, 0.3) is 0 Å². The Hall–Kier alpha value is -3.51. The molecule has 0 bridgehead atoms. The van der Waals surface area contributed by atoms with Gasteiger partial charge in [-0.25, -0.2) is 5.43 Å². The molecule has 0 saturated carbocycles. The molecule has 0 atom stereocenters. The van der Waals surface area contributed by atoms with Crippen molar-refractivity contribution >= 4 is 23.7 Å². The molecule has 154 valence electrons. The number of halogens is 1. The van der Waals surface area contributed by atoms with Crippen LogP contribution in [0.15, 0.2) is 71.8 Å². The Morgan fingerprint density at radius 3 is 2.33 bits per heavy atom. The number of hydrazone groups is 1. The third-order valence-electron chi connectivity index (χ3n) is 4.24. The lowest BCUT2D eigenvalue weighted by Gasteiger charge is -2.09. The highest BCUT2D eigenvalue weighted by molar-refractivity contribution is 6.33. The van der Waals surface area contributed by atoms with Gasteiger partial charge >= 0.3 is 0 Å². The Bertz CT molecular complexity index is 1020. The van der Waals surface area contributed by atoms with Crippen molar-refractivity contribution in [3.05, 3.63) is 88.4 Å². The zero-order valence-corrected chi connectivity index (χ0v) is 17.3. The first-order valence-corrected chi connectivity index (χ1v) is 9.50. The number of amides is 1. The maximum atomic E-state index is 12.3. The summed E-state index contributed by atoms with van der Waals surface area (Å²) in [6.07, 6.45) is 1.44. The molecule has 7 heteroatoms. The first-order valence-electron chi connectivity index (χ1n) is 9.12. The van der Waals surface area contributed by atoms with Crippen molar-refractivity contribution in [1.29, 1.82) is 0 Å². The van der Waals surface area contributed by atoms with Crippen molar-refractivity contribution in [3.8, 4) is 17.2 Å². The summed E-state index contributed by atoms with van der Waals surface area (Å²) >= 11 is 6.21. The van der Waals surface area contributed by atoms with Gasteiger partial charge in [-0.2, -0.15) is 5.10 Å². The molecule has 3 aromatic rings. The number of carbonyl (C=O) groups is 1. The number of carbonyl (C=O) groups excluding carboxylic acids is 1. The van der Waals surface area contributed by atoms with Crippen molar-refractivity contribution in [2.45, 2.75) is 6.61 Å². The van der Waals surface area contributed by atoms with Gasteiger partial charge in [0, 0.05) is 17.2 Å². The Morgan fingerprint density at radius 1 is 1.00 bits per heavy atom. The quantitative estimate of drug-likeness (QED) is 0.420. The van der Waals surface area contributed by atoms with Crippen LogP contribution in [-0.4, -0.2) is 26.3 Å². The van der Waals surface area contributed by atoms with Gasteiger partial charge < -0.3 is 14.2 Å². The van der Waals surface area contributed by atoms with E-state index in [1.807, 2.05) is 30.3 Å². The van der Waals surface area contributed by atoms with Crippen LogP contribution in [0.3, 0.4) is 0 Å². The van der Waals surface area contributed by atoms with E-state index < -0.39 is 0 Å². The fourth-order valence-corrected chi connectivity index (χ4v) is 2.84. The first-order chi connectivity index (χ1) is 14.6. The molecule has 0 fully saturated rings. The van der Waals surface area contributed by atoms with Crippen LogP contribution < -0.4 is 19.6 Å². The summed E-state index contributed by atoms with van der Waals surface area (Å²) in [6.45, 7) is 0.461. The van der Waals surface area contributed by atoms with Gasteiger partial charge in [0.05, 0.1) is 25.5 Å². The van der Waals surface area contributed by atoms with Crippen molar-refractivity contribution in [3.63, 3.8) is 0 Å². The van der Waals surface area contributed by atoms with E-state index in [2.05, 4.69) is 10.5 Å². The molecule has 0 saturated heterocycles. The molecule has 1 amide bonds. The maximum absolute atomic E-state index is 12.3. The number of benzene rings is 3. The topological polar surface area (TPSA) is 69.2 Å². The van der Waals surface area contributed by atoms with Crippen LogP contribution in [0.5, 0.6) is 17.2 Å². The fourth-order valence-electron chi connectivity index (χ4n) is 2.64. The van der Waals surface area contributed by atoms with Gasteiger partial charge in [-0.15, -0.1) is 0 Å². The minimum Gasteiger partial charge on any atom is -0.493 e. The molecular formula is C23H21ClN2O4. The molecule has 0 radical (unpaired) electrons. The number of nitrogens with zero attached hydrogens (tertiary/aromatic N) is 1. The number of nitrogens with one attached hydrogen (secondary N) is 1. The Morgan fingerprint density at radius 2 is 1.67 bits per heavy atom. The maximum Gasteiger partial charge on any atom is 0.271 e. The van der Waals surface area contributed by atoms with E-state index in [0.29, 0.717) is 40.0 Å². The number of hydrogen-bond donors (Lipinski definition) is 1. The summed E-state index contributed by atoms with van der Waals surface area (Å²) in [5.74, 6) is 1.35. The third kappa shape index (κ3) is 5.52. The third-order valence-corrected chi connectivity index (χ3v) is 4.56. The first kappa shape index (κ1) is 21.2. The molecule has 3 aromatic carbocycles. The van der Waals surface area contributed by atoms with Gasteiger partial charge in [0.25, 0.3) is 5.91 Å². The second-order valence-electron chi connectivity index (χ2n) is 6.23. The van der Waals surface area contributed by atoms with Crippen molar-refractivity contribution in [2.24, 2.45) is 5.10 Å². The second kappa shape index (κ2) is 10.3. The van der Waals surface area contributed by atoms with E-state index in [1.54, 1.807) is 36.4 Å². The fraction of sp³-hybridized carbons (Fsp3) is 0.130. The molecule has 0 spiro atoms. The Kier molecular flexibility index (Phi) is 7.29. The van der Waals surface area contributed by atoms with E-state index >= 15 is 0 Å². The molecule has 1 N–H and O–H groups in total. The van der Waals surface area contributed by atoms with E-state index in [-0.39, 0.29) is 5.91 Å². The van der Waals surface area contributed by atoms with Crippen molar-refractivity contribution in [2.75, 3.05) is 14.2 Å². The second-order valence-corrected chi connectivity index (χ2v) is 6.63. The summed E-state index contributed by atoms with van der Waals surface area (Å²) in [5.41, 5.74) is 4.59. The molecular weight excluding hydrogens is 404 g/mol. The molecule has 0 aliphatic heterocycles. The molecule has 6 nitrogen and oxygen atoms in total. The van der Waals surface area contributed by atoms with E-state index in [0.717, 1.165) is 5.56 Å². The lowest BCUT2D eigenvalue weighted by molar-refractivity contribution is 0.0955. The predicted molar refractivity (Wildman–Crippen MR) is 117 cm³/mol. The monoisotopic (exact) mass is 424 g/mol. The van der Waals surface area contributed by atoms with Gasteiger partial charge in [-0.1, -0.05) is 41.9 Å². The Labute approximate surface area is 180 Å². The molecule has 0 aromatic heterocycles. The molecule has 30 heavy (non-hydrogen) atoms. The number of methoxy groups -OCH3 is 2. The molecule has 0 heterocycles. The largest absolute Gasteiger partial charge is 0.493 e. The summed E-state index contributed by atoms with van der Waals surface area (Å²) < 4.78 is 16.2. The number of hydrogen-bond acceptors (Lipinski definition) is 5. The highest BCUT2D eigenvalue weighted by Crippen LogP contribution is 2.32. The molecule has 0 aliphatic carbocycles. The summed E-state index contributed by atoms with van der Waals surface area (Å²) in [4.78, 5) is 12.3. The van der Waals surface area contributed by atoms with Crippen LogP contribution in [-0.2, 0) is 6.61 Å². The average Bonchev–Trinajstić information content (AvgIpc) is 2.79. The van der Waals surface area contributed by atoms with Crippen LogP contribution in [0, 0.1) is 0 Å². The van der Waals surface area contributed by atoms with Crippen LogP contribution in [0.2, 0.25) is 5.02 Å². The van der Waals surface area contributed by atoms with Crippen LogP contribution in [0.4, 0.5) is 0 Å². The van der Waals surface area contributed by atoms with E-state index in [1.165, 1.54) is 20.4 Å². The highest BCUT2D eigenvalue weighted by Gasteiger charge is 2.09. The number of ether oxygens (including phenoxy) is 3. The van der Waals surface area contributed by atoms with Gasteiger partial charge in [0.15, 0.2) is 11.5 Å². The highest BCUT2D eigenvalue weighted by atomic mass is 35.5. The van der Waals surface area contributed by atoms with Gasteiger partial charge in [-0.3, -0.25) is 4.79 Å². The zero-order valence-electron chi connectivity index (χ0n) is 16.6. The Balaban J connectivity index is 1.58. The average molecular weight is 425 g/mol. The molecule has 0 aliphatic rings. The smallest absolute Gasteiger partial charge is 0.271 e. The van der Waals surface area contributed by atoms with E-state index in [9.17, 15) is 4.79 Å². The van der Waals surface area contributed by atoms with Crippen molar-refractivity contribution in [1.82, 2.24) is 5.43 Å². The van der Waals surface area contributed by atoms with Crippen molar-refractivity contribution < 1.29 is 19.0 Å². The standard InChI is InChI=1S/C23H21ClN2O4/c1-28-21-12-18(20(24)13-22(21)29-2)14-25-26-23(27)17-8-10-19(11-9-17)30-15-16-6-4-3-5-7-16/h3-14H,15H2,1-2H3,(H,26,27)/b25-14+. The zero-order chi connectivity index (χ0) is 21.3. The lowest BCUT2D eigenvalue weighted by atomic mass is 10.2. The van der Waals surface area contributed by atoms with Gasteiger partial charge in [-0.05, 0) is 35.9 Å². The van der Waals surface area contributed by atoms with E-state index in [4.69, 9.17) is 25.8 Å². The van der Waals surface area contributed by atoms with Gasteiger partial charge in [0.2, 0.25) is 0 Å². The van der Waals surface area contributed by atoms with Gasteiger partial charge in [0.1, 0.15) is 12.4 Å². The van der Waals surface area contributed by atoms with Crippen LogP contribution in [0.1, 0.15) is 21.5 Å². The number of rotatable bonds is 8.